The smallest absolute Gasteiger partial charge is 0.322 e. The van der Waals surface area contributed by atoms with Gasteiger partial charge in [-0.15, -0.1) is 0 Å². The second-order valence-corrected chi connectivity index (χ2v) is 7.76. The zero-order chi connectivity index (χ0) is 21.5. The number of benzene rings is 3. The molecule has 0 fully saturated rings. The molecule has 0 aromatic heterocycles. The first-order valence-corrected chi connectivity index (χ1v) is 9.73. The summed E-state index contributed by atoms with van der Waals surface area (Å²) in [5.41, 5.74) is 1.08. The molecule has 0 atom stereocenters. The molecular formula is C22H15F3N2O2S. The van der Waals surface area contributed by atoms with E-state index in [1.54, 1.807) is 42.3 Å². The van der Waals surface area contributed by atoms with E-state index in [9.17, 15) is 22.8 Å². The lowest BCUT2D eigenvalue weighted by molar-refractivity contribution is -0.137. The third-order valence-electron chi connectivity index (χ3n) is 4.70. The van der Waals surface area contributed by atoms with Gasteiger partial charge in [-0.2, -0.15) is 13.2 Å². The van der Waals surface area contributed by atoms with E-state index < -0.39 is 17.6 Å². The van der Waals surface area contributed by atoms with Gasteiger partial charge in [0.1, 0.15) is 0 Å². The Hall–Kier alpha value is -3.26. The number of nitrogens with one attached hydrogen (secondary N) is 1. The predicted octanol–water partition coefficient (Wildman–Crippen LogP) is 5.70. The molecule has 0 spiro atoms. The van der Waals surface area contributed by atoms with Gasteiger partial charge in [-0.25, -0.2) is 0 Å². The molecule has 3 aromatic rings. The Morgan fingerprint density at radius 2 is 1.67 bits per heavy atom. The Kier molecular flexibility index (Phi) is 5.03. The number of rotatable bonds is 2. The molecule has 1 heterocycles. The van der Waals surface area contributed by atoms with Crippen molar-refractivity contribution in [2.45, 2.75) is 16.0 Å². The summed E-state index contributed by atoms with van der Waals surface area (Å²) in [6.45, 7) is 0. The first-order chi connectivity index (χ1) is 14.2. The Bertz CT molecular complexity index is 1140. The number of amides is 2. The molecule has 8 heteroatoms. The van der Waals surface area contributed by atoms with Crippen LogP contribution in [0.15, 0.2) is 76.5 Å². The summed E-state index contributed by atoms with van der Waals surface area (Å²) in [5, 5.41) is 2.70. The highest BCUT2D eigenvalue weighted by Gasteiger charge is 2.30. The number of hydrogen-bond acceptors (Lipinski definition) is 3. The first-order valence-electron chi connectivity index (χ1n) is 8.91. The van der Waals surface area contributed by atoms with Gasteiger partial charge in [-0.1, -0.05) is 23.9 Å². The Morgan fingerprint density at radius 3 is 2.37 bits per heavy atom. The zero-order valence-electron chi connectivity index (χ0n) is 15.7. The minimum absolute atomic E-state index is 0.114. The van der Waals surface area contributed by atoms with E-state index in [-0.39, 0.29) is 11.5 Å². The van der Waals surface area contributed by atoms with Crippen molar-refractivity contribution in [2.75, 3.05) is 17.3 Å². The molecule has 2 amide bonds. The average Bonchev–Trinajstić information content (AvgIpc) is 2.82. The molecule has 4 nitrogen and oxygen atoms in total. The molecule has 1 aliphatic heterocycles. The number of alkyl halides is 3. The van der Waals surface area contributed by atoms with Gasteiger partial charge >= 0.3 is 6.18 Å². The minimum atomic E-state index is -4.46. The SMILES string of the molecule is CN1C(=O)c2ccccc2Sc2cc(NC(=O)c3ccc(C(F)(F)F)cc3)ccc21. The van der Waals surface area contributed by atoms with Gasteiger partial charge in [0.25, 0.3) is 11.8 Å². The van der Waals surface area contributed by atoms with Crippen molar-refractivity contribution < 1.29 is 22.8 Å². The molecule has 0 unspecified atom stereocenters. The van der Waals surface area contributed by atoms with Crippen LogP contribution < -0.4 is 10.2 Å². The van der Waals surface area contributed by atoms with E-state index in [2.05, 4.69) is 5.32 Å². The van der Waals surface area contributed by atoms with Crippen molar-refractivity contribution in [2.24, 2.45) is 0 Å². The summed E-state index contributed by atoms with van der Waals surface area (Å²) in [6.07, 6.45) is -4.46. The monoisotopic (exact) mass is 428 g/mol. The standard InChI is InChI=1S/C22H15F3N2O2S/c1-27-17-11-10-15(12-19(17)30-18-5-3-2-4-16(18)21(27)29)26-20(28)13-6-8-14(9-7-13)22(23,24)25/h2-12H,1H3,(H,26,28). The average molecular weight is 428 g/mol. The summed E-state index contributed by atoms with van der Waals surface area (Å²) >= 11 is 1.41. The molecule has 0 radical (unpaired) electrons. The second kappa shape index (κ2) is 7.53. The lowest BCUT2D eigenvalue weighted by Crippen LogP contribution is -2.26. The predicted molar refractivity (Wildman–Crippen MR) is 109 cm³/mol. The van der Waals surface area contributed by atoms with E-state index in [0.717, 1.165) is 34.1 Å². The molecular weight excluding hydrogens is 413 g/mol. The number of fused-ring (bicyclic) bond motifs is 2. The molecule has 1 N–H and O–H groups in total. The number of hydrogen-bond donors (Lipinski definition) is 1. The number of anilines is 2. The maximum absolute atomic E-state index is 12.7. The van der Waals surface area contributed by atoms with Crippen LogP contribution in [-0.2, 0) is 6.18 Å². The Morgan fingerprint density at radius 1 is 0.967 bits per heavy atom. The van der Waals surface area contributed by atoms with Gasteiger partial charge in [0.05, 0.1) is 16.8 Å². The van der Waals surface area contributed by atoms with Crippen molar-refractivity contribution >= 4 is 35.0 Å². The maximum atomic E-state index is 12.7. The molecule has 152 valence electrons. The normalized spacial score (nSPS) is 13.3. The van der Waals surface area contributed by atoms with Gasteiger partial charge in [-0.3, -0.25) is 9.59 Å². The first kappa shape index (κ1) is 20.0. The fourth-order valence-corrected chi connectivity index (χ4v) is 4.25. The lowest BCUT2D eigenvalue weighted by atomic mass is 10.1. The molecule has 1 aliphatic rings. The quantitative estimate of drug-likeness (QED) is 0.570. The van der Waals surface area contributed by atoms with Crippen LogP contribution in [0.1, 0.15) is 26.3 Å². The summed E-state index contributed by atoms with van der Waals surface area (Å²) in [5.74, 6) is -0.648. The van der Waals surface area contributed by atoms with Gasteiger partial charge in [0, 0.05) is 28.1 Å². The van der Waals surface area contributed by atoms with E-state index in [1.807, 2.05) is 12.1 Å². The van der Waals surface area contributed by atoms with Crippen molar-refractivity contribution in [3.8, 4) is 0 Å². The lowest BCUT2D eigenvalue weighted by Gasteiger charge is -2.18. The molecule has 4 rings (SSSR count). The molecule has 3 aromatic carbocycles. The van der Waals surface area contributed by atoms with Crippen molar-refractivity contribution in [1.82, 2.24) is 0 Å². The van der Waals surface area contributed by atoms with E-state index in [1.165, 1.54) is 11.8 Å². The van der Waals surface area contributed by atoms with Crippen LogP contribution in [0.25, 0.3) is 0 Å². The van der Waals surface area contributed by atoms with Crippen LogP contribution in [0.5, 0.6) is 0 Å². The maximum Gasteiger partial charge on any atom is 0.416 e. The van der Waals surface area contributed by atoms with Gasteiger partial charge in [-0.05, 0) is 54.6 Å². The number of nitrogens with zero attached hydrogens (tertiary/aromatic N) is 1. The van der Waals surface area contributed by atoms with E-state index in [4.69, 9.17) is 0 Å². The van der Waals surface area contributed by atoms with Crippen molar-refractivity contribution in [1.29, 1.82) is 0 Å². The van der Waals surface area contributed by atoms with Crippen LogP contribution in [-0.4, -0.2) is 18.9 Å². The number of halogens is 3. The highest BCUT2D eigenvalue weighted by molar-refractivity contribution is 7.99. The highest BCUT2D eigenvalue weighted by Crippen LogP contribution is 2.42. The van der Waals surface area contributed by atoms with Gasteiger partial charge in [0.15, 0.2) is 0 Å². The van der Waals surface area contributed by atoms with Crippen molar-refractivity contribution in [3.63, 3.8) is 0 Å². The van der Waals surface area contributed by atoms with Gasteiger partial charge in [0.2, 0.25) is 0 Å². The zero-order valence-corrected chi connectivity index (χ0v) is 16.5. The van der Waals surface area contributed by atoms with E-state index in [0.29, 0.717) is 16.9 Å². The highest BCUT2D eigenvalue weighted by atomic mass is 32.2. The Balaban J connectivity index is 1.60. The third kappa shape index (κ3) is 3.78. The number of carbonyl (C=O) groups is 2. The summed E-state index contributed by atoms with van der Waals surface area (Å²) < 4.78 is 38.1. The largest absolute Gasteiger partial charge is 0.416 e. The van der Waals surface area contributed by atoms with Crippen LogP contribution in [0, 0.1) is 0 Å². The van der Waals surface area contributed by atoms with Crippen LogP contribution in [0.4, 0.5) is 24.5 Å². The van der Waals surface area contributed by atoms with Crippen LogP contribution in [0.2, 0.25) is 0 Å². The Labute approximate surface area is 174 Å². The topological polar surface area (TPSA) is 49.4 Å². The van der Waals surface area contributed by atoms with Crippen molar-refractivity contribution in [3.05, 3.63) is 83.4 Å². The van der Waals surface area contributed by atoms with E-state index >= 15 is 0 Å². The number of carbonyl (C=O) groups excluding carboxylic acids is 2. The molecule has 0 bridgehead atoms. The van der Waals surface area contributed by atoms with Gasteiger partial charge < -0.3 is 10.2 Å². The van der Waals surface area contributed by atoms with Crippen LogP contribution >= 0.6 is 11.8 Å². The molecule has 0 aliphatic carbocycles. The third-order valence-corrected chi connectivity index (χ3v) is 5.82. The molecule has 30 heavy (non-hydrogen) atoms. The molecule has 0 saturated carbocycles. The minimum Gasteiger partial charge on any atom is -0.322 e. The summed E-state index contributed by atoms with van der Waals surface area (Å²) in [6, 6.07) is 16.4. The summed E-state index contributed by atoms with van der Waals surface area (Å²) in [7, 11) is 1.68. The second-order valence-electron chi connectivity index (χ2n) is 6.67. The fraction of sp³-hybridized carbons (Fsp3) is 0.0909. The van der Waals surface area contributed by atoms with Crippen LogP contribution in [0.3, 0.4) is 0 Å². The molecule has 0 saturated heterocycles. The fourth-order valence-electron chi connectivity index (χ4n) is 3.11. The summed E-state index contributed by atoms with van der Waals surface area (Å²) in [4.78, 5) is 28.3.